The summed E-state index contributed by atoms with van der Waals surface area (Å²) < 4.78 is 0. The number of hydrogen-bond acceptors (Lipinski definition) is 3. The van der Waals surface area contributed by atoms with Crippen LogP contribution in [0.15, 0.2) is 71.8 Å². The Balaban J connectivity index is 1.58. The number of nitrogens with zero attached hydrogens (tertiary/aromatic N) is 1. The van der Waals surface area contributed by atoms with Crippen molar-refractivity contribution in [3.8, 4) is 0 Å². The van der Waals surface area contributed by atoms with Gasteiger partial charge in [0.2, 0.25) is 5.91 Å². The highest BCUT2D eigenvalue weighted by Crippen LogP contribution is 2.35. The molecule has 3 aromatic rings. The van der Waals surface area contributed by atoms with Crippen LogP contribution in [0.5, 0.6) is 0 Å². The Bertz CT molecular complexity index is 906. The Labute approximate surface area is 164 Å². The van der Waals surface area contributed by atoms with E-state index in [1.165, 1.54) is 31.0 Å². The van der Waals surface area contributed by atoms with Gasteiger partial charge in [-0.25, -0.2) is 4.98 Å². The summed E-state index contributed by atoms with van der Waals surface area (Å²) in [6.45, 7) is 0. The van der Waals surface area contributed by atoms with E-state index in [9.17, 15) is 4.79 Å². The van der Waals surface area contributed by atoms with Gasteiger partial charge in [0.25, 0.3) is 0 Å². The lowest BCUT2D eigenvalue weighted by Crippen LogP contribution is -2.38. The molecule has 4 heteroatoms. The molecule has 3 nitrogen and oxygen atoms in total. The van der Waals surface area contributed by atoms with Gasteiger partial charge in [0.1, 0.15) is 5.25 Å². The monoisotopic (exact) mass is 376 g/mol. The molecule has 1 fully saturated rings. The van der Waals surface area contributed by atoms with E-state index in [0.717, 1.165) is 34.3 Å². The molecule has 0 unspecified atom stereocenters. The number of carbonyl (C=O) groups excluding carboxylic acids is 1. The first kappa shape index (κ1) is 18.1. The summed E-state index contributed by atoms with van der Waals surface area (Å²) in [5.41, 5.74) is 1.98. The van der Waals surface area contributed by atoms with Gasteiger partial charge in [-0.3, -0.25) is 4.79 Å². The molecule has 0 saturated heterocycles. The van der Waals surface area contributed by atoms with Crippen LogP contribution in [0.4, 0.5) is 0 Å². The van der Waals surface area contributed by atoms with Gasteiger partial charge in [-0.2, -0.15) is 0 Å². The molecule has 1 N–H and O–H groups in total. The molecule has 0 bridgehead atoms. The highest BCUT2D eigenvalue weighted by Gasteiger charge is 2.25. The maximum absolute atomic E-state index is 13.1. The van der Waals surface area contributed by atoms with Crippen LogP contribution in [-0.2, 0) is 4.79 Å². The van der Waals surface area contributed by atoms with E-state index in [0.29, 0.717) is 6.04 Å². The number of nitrogens with one attached hydrogen (secondary N) is 1. The van der Waals surface area contributed by atoms with Crippen molar-refractivity contribution in [3.05, 3.63) is 72.3 Å². The number of aromatic nitrogens is 1. The topological polar surface area (TPSA) is 42.0 Å². The van der Waals surface area contributed by atoms with Gasteiger partial charge in [-0.1, -0.05) is 85.6 Å². The second-order valence-electron chi connectivity index (χ2n) is 7.09. The van der Waals surface area contributed by atoms with E-state index in [2.05, 4.69) is 17.4 Å². The van der Waals surface area contributed by atoms with Gasteiger partial charge < -0.3 is 5.32 Å². The summed E-state index contributed by atoms with van der Waals surface area (Å²) in [5, 5.41) is 4.99. The lowest BCUT2D eigenvalue weighted by Gasteiger charge is -2.25. The van der Waals surface area contributed by atoms with E-state index < -0.39 is 0 Å². The minimum Gasteiger partial charge on any atom is -0.352 e. The number of pyridine rings is 1. The van der Waals surface area contributed by atoms with Crippen molar-refractivity contribution in [2.75, 3.05) is 0 Å². The Hall–Kier alpha value is -2.33. The molecule has 1 saturated carbocycles. The zero-order valence-corrected chi connectivity index (χ0v) is 16.1. The van der Waals surface area contributed by atoms with Gasteiger partial charge in [-0.05, 0) is 30.5 Å². The molecule has 2 aromatic carbocycles. The number of benzene rings is 2. The third-order valence-electron chi connectivity index (χ3n) is 5.10. The summed E-state index contributed by atoms with van der Waals surface area (Å²) in [4.78, 5) is 17.9. The molecule has 27 heavy (non-hydrogen) atoms. The third-order valence-corrected chi connectivity index (χ3v) is 6.29. The SMILES string of the molecule is O=C(NC1CCCCC1)[C@H](Sc1ccc2ccccc2n1)c1ccccc1. The van der Waals surface area contributed by atoms with Crippen LogP contribution in [0.2, 0.25) is 0 Å². The highest BCUT2D eigenvalue weighted by molar-refractivity contribution is 8.00. The smallest absolute Gasteiger partial charge is 0.238 e. The zero-order valence-electron chi connectivity index (χ0n) is 15.3. The largest absolute Gasteiger partial charge is 0.352 e. The van der Waals surface area contributed by atoms with Crippen LogP contribution in [0.1, 0.15) is 42.9 Å². The number of amides is 1. The van der Waals surface area contributed by atoms with Gasteiger partial charge >= 0.3 is 0 Å². The molecule has 1 aliphatic carbocycles. The fourth-order valence-corrected chi connectivity index (χ4v) is 4.67. The molecule has 0 radical (unpaired) electrons. The van der Waals surface area contributed by atoms with Crippen LogP contribution in [-0.4, -0.2) is 16.9 Å². The fraction of sp³-hybridized carbons (Fsp3) is 0.304. The van der Waals surface area contributed by atoms with Crippen LogP contribution < -0.4 is 5.32 Å². The van der Waals surface area contributed by atoms with E-state index in [4.69, 9.17) is 4.98 Å². The molecule has 1 heterocycles. The fourth-order valence-electron chi connectivity index (χ4n) is 3.66. The number of carbonyl (C=O) groups is 1. The Morgan fingerprint density at radius 2 is 1.67 bits per heavy atom. The molecule has 138 valence electrons. The lowest BCUT2D eigenvalue weighted by molar-refractivity contribution is -0.121. The summed E-state index contributed by atoms with van der Waals surface area (Å²) in [6.07, 6.45) is 5.88. The van der Waals surface area contributed by atoms with Crippen LogP contribution in [0.25, 0.3) is 10.9 Å². The molecule has 1 aromatic heterocycles. The van der Waals surface area contributed by atoms with Crippen LogP contribution in [0, 0.1) is 0 Å². The average Bonchev–Trinajstić information content (AvgIpc) is 2.73. The van der Waals surface area contributed by atoms with Crippen molar-refractivity contribution in [1.82, 2.24) is 10.3 Å². The molecule has 1 amide bonds. The predicted octanol–water partition coefficient (Wildman–Crippen LogP) is 5.52. The van der Waals surface area contributed by atoms with E-state index >= 15 is 0 Å². The quantitative estimate of drug-likeness (QED) is 0.596. The first-order valence-corrected chi connectivity index (χ1v) is 10.6. The van der Waals surface area contributed by atoms with Gasteiger partial charge in [0, 0.05) is 11.4 Å². The van der Waals surface area contributed by atoms with Crippen molar-refractivity contribution >= 4 is 28.6 Å². The average molecular weight is 377 g/mol. The maximum atomic E-state index is 13.1. The number of hydrogen-bond donors (Lipinski definition) is 1. The summed E-state index contributed by atoms with van der Waals surface area (Å²) in [7, 11) is 0. The number of rotatable bonds is 5. The molecule has 1 aliphatic rings. The van der Waals surface area contributed by atoms with E-state index in [1.807, 2.05) is 54.6 Å². The molecular weight excluding hydrogens is 352 g/mol. The van der Waals surface area contributed by atoms with Crippen molar-refractivity contribution < 1.29 is 4.79 Å². The highest BCUT2D eigenvalue weighted by atomic mass is 32.2. The zero-order chi connectivity index (χ0) is 18.5. The Kier molecular flexibility index (Phi) is 5.73. The van der Waals surface area contributed by atoms with Gasteiger partial charge in [0.05, 0.1) is 10.5 Å². The summed E-state index contributed by atoms with van der Waals surface area (Å²) in [5.74, 6) is 0.0908. The van der Waals surface area contributed by atoms with E-state index in [-0.39, 0.29) is 11.2 Å². The summed E-state index contributed by atoms with van der Waals surface area (Å²) in [6, 6.07) is 22.5. The molecule has 0 aliphatic heterocycles. The minimum absolute atomic E-state index is 0.0908. The second kappa shape index (κ2) is 8.57. The van der Waals surface area contributed by atoms with Crippen LogP contribution in [0.3, 0.4) is 0 Å². The number of para-hydroxylation sites is 1. The first-order valence-electron chi connectivity index (χ1n) is 9.67. The van der Waals surface area contributed by atoms with Crippen molar-refractivity contribution in [3.63, 3.8) is 0 Å². The summed E-state index contributed by atoms with van der Waals surface area (Å²) >= 11 is 1.53. The van der Waals surface area contributed by atoms with Crippen molar-refractivity contribution in [2.24, 2.45) is 0 Å². The van der Waals surface area contributed by atoms with Crippen LogP contribution >= 0.6 is 11.8 Å². The van der Waals surface area contributed by atoms with Crippen molar-refractivity contribution in [2.45, 2.75) is 48.4 Å². The molecular formula is C23H24N2OS. The predicted molar refractivity (Wildman–Crippen MR) is 112 cm³/mol. The molecule has 1 atom stereocenters. The van der Waals surface area contributed by atoms with Gasteiger partial charge in [-0.15, -0.1) is 0 Å². The van der Waals surface area contributed by atoms with E-state index in [1.54, 1.807) is 0 Å². The standard InChI is InChI=1S/C23H24N2OS/c26-23(24-19-12-5-2-6-13-19)22(18-10-3-1-4-11-18)27-21-16-15-17-9-7-8-14-20(17)25-21/h1,3-4,7-11,14-16,19,22H,2,5-6,12-13H2,(H,24,26)/t22-/m1/s1. The second-order valence-corrected chi connectivity index (χ2v) is 8.22. The Morgan fingerprint density at radius 3 is 2.48 bits per heavy atom. The first-order chi connectivity index (χ1) is 13.3. The Morgan fingerprint density at radius 1 is 0.926 bits per heavy atom. The normalized spacial score (nSPS) is 16.1. The lowest BCUT2D eigenvalue weighted by atomic mass is 9.95. The third kappa shape index (κ3) is 4.51. The number of fused-ring (bicyclic) bond motifs is 1. The maximum Gasteiger partial charge on any atom is 0.238 e. The minimum atomic E-state index is -0.290. The van der Waals surface area contributed by atoms with Gasteiger partial charge in [0.15, 0.2) is 0 Å². The number of thioether (sulfide) groups is 1. The molecule has 0 spiro atoms. The molecule has 4 rings (SSSR count). The van der Waals surface area contributed by atoms with Crippen molar-refractivity contribution in [1.29, 1.82) is 0 Å².